The van der Waals surface area contributed by atoms with Gasteiger partial charge in [0.2, 0.25) is 5.91 Å². The Bertz CT molecular complexity index is 721. The Morgan fingerprint density at radius 3 is 1.91 bits per heavy atom. The number of benzene rings is 2. The van der Waals surface area contributed by atoms with Gasteiger partial charge in [-0.05, 0) is 17.7 Å². The van der Waals surface area contributed by atoms with Crippen LogP contribution in [0.5, 0.6) is 0 Å². The summed E-state index contributed by atoms with van der Waals surface area (Å²) < 4.78 is 0. The fourth-order valence-electron chi connectivity index (χ4n) is 2.48. The number of hydrogen-bond donors (Lipinski definition) is 0. The summed E-state index contributed by atoms with van der Waals surface area (Å²) in [6, 6.07) is 15.8. The van der Waals surface area contributed by atoms with Crippen LogP contribution in [0.25, 0.3) is 0 Å². The first kappa shape index (κ1) is 14.0. The van der Waals surface area contributed by atoms with Crippen LogP contribution in [-0.4, -0.2) is 27.7 Å². The van der Waals surface area contributed by atoms with Crippen LogP contribution in [-0.2, 0) is 11.3 Å². The van der Waals surface area contributed by atoms with Gasteiger partial charge in [-0.2, -0.15) is 5.01 Å². The molecule has 0 radical (unpaired) electrons. The maximum atomic E-state index is 12.5. The van der Waals surface area contributed by atoms with Gasteiger partial charge in [-0.3, -0.25) is 14.4 Å². The SMILES string of the molecule is CC(=O)N(Cc1ccccc1)N1C(=O)c2ccccc2C1=O. The summed E-state index contributed by atoms with van der Waals surface area (Å²) in [5.74, 6) is -1.29. The minimum atomic E-state index is -0.466. The fraction of sp³-hybridized carbons (Fsp3) is 0.118. The molecule has 5 nitrogen and oxygen atoms in total. The van der Waals surface area contributed by atoms with E-state index in [-0.39, 0.29) is 12.5 Å². The number of nitrogens with zero attached hydrogens (tertiary/aromatic N) is 2. The first-order valence-corrected chi connectivity index (χ1v) is 6.89. The van der Waals surface area contributed by atoms with Crippen LogP contribution in [0.15, 0.2) is 54.6 Å². The Morgan fingerprint density at radius 1 is 0.909 bits per heavy atom. The van der Waals surface area contributed by atoms with E-state index < -0.39 is 11.8 Å². The average molecular weight is 294 g/mol. The molecule has 5 heteroatoms. The average Bonchev–Trinajstić information content (AvgIpc) is 2.78. The van der Waals surface area contributed by atoms with Crippen molar-refractivity contribution < 1.29 is 14.4 Å². The van der Waals surface area contributed by atoms with E-state index in [1.54, 1.807) is 24.3 Å². The van der Waals surface area contributed by atoms with E-state index in [0.717, 1.165) is 10.6 Å². The smallest absolute Gasteiger partial charge is 0.273 e. The summed E-state index contributed by atoms with van der Waals surface area (Å²) in [6.45, 7) is 1.51. The highest BCUT2D eigenvalue weighted by Crippen LogP contribution is 2.25. The van der Waals surface area contributed by atoms with Crippen LogP contribution in [0, 0.1) is 0 Å². The number of fused-ring (bicyclic) bond motifs is 1. The summed E-state index contributed by atoms with van der Waals surface area (Å²) in [5.41, 5.74) is 1.49. The quantitative estimate of drug-likeness (QED) is 0.816. The molecule has 1 heterocycles. The molecule has 3 amide bonds. The van der Waals surface area contributed by atoms with E-state index in [1.165, 1.54) is 11.9 Å². The van der Waals surface area contributed by atoms with Crippen molar-refractivity contribution in [2.75, 3.05) is 0 Å². The fourth-order valence-corrected chi connectivity index (χ4v) is 2.48. The van der Waals surface area contributed by atoms with E-state index in [0.29, 0.717) is 11.1 Å². The zero-order valence-corrected chi connectivity index (χ0v) is 12.0. The van der Waals surface area contributed by atoms with E-state index in [4.69, 9.17) is 0 Å². The number of carbonyl (C=O) groups is 3. The molecule has 110 valence electrons. The van der Waals surface area contributed by atoms with Gasteiger partial charge in [0.05, 0.1) is 17.7 Å². The monoisotopic (exact) mass is 294 g/mol. The van der Waals surface area contributed by atoms with E-state index in [2.05, 4.69) is 0 Å². The molecular weight excluding hydrogens is 280 g/mol. The van der Waals surface area contributed by atoms with Gasteiger partial charge in [-0.15, -0.1) is 0 Å². The third-order valence-corrected chi connectivity index (χ3v) is 3.55. The molecule has 0 spiro atoms. The summed E-state index contributed by atoms with van der Waals surface area (Å²) in [4.78, 5) is 36.9. The lowest BCUT2D eigenvalue weighted by Crippen LogP contribution is -2.48. The third-order valence-electron chi connectivity index (χ3n) is 3.55. The second-order valence-electron chi connectivity index (χ2n) is 5.03. The lowest BCUT2D eigenvalue weighted by Gasteiger charge is -2.28. The van der Waals surface area contributed by atoms with Gasteiger partial charge in [-0.25, -0.2) is 5.01 Å². The maximum absolute atomic E-state index is 12.5. The molecule has 1 aliphatic heterocycles. The highest BCUT2D eigenvalue weighted by atomic mass is 16.2. The molecule has 0 fully saturated rings. The molecule has 0 saturated heterocycles. The predicted molar refractivity (Wildman–Crippen MR) is 79.6 cm³/mol. The van der Waals surface area contributed by atoms with Crippen molar-refractivity contribution in [3.63, 3.8) is 0 Å². The predicted octanol–water partition coefficient (Wildman–Crippen LogP) is 2.25. The number of imide groups is 1. The molecule has 1 aliphatic rings. The standard InChI is InChI=1S/C17H14N2O3/c1-12(20)18(11-13-7-3-2-4-8-13)19-16(21)14-9-5-6-10-15(14)17(19)22/h2-10H,11H2,1H3. The van der Waals surface area contributed by atoms with Gasteiger partial charge in [0.1, 0.15) is 0 Å². The minimum absolute atomic E-state index is 0.168. The molecule has 0 atom stereocenters. The number of hydrogen-bond acceptors (Lipinski definition) is 3. The van der Waals surface area contributed by atoms with Crippen molar-refractivity contribution in [3.05, 3.63) is 71.3 Å². The Labute approximate surface area is 127 Å². The van der Waals surface area contributed by atoms with Crippen molar-refractivity contribution in [2.45, 2.75) is 13.5 Å². The van der Waals surface area contributed by atoms with E-state index in [9.17, 15) is 14.4 Å². The molecule has 2 aromatic rings. The van der Waals surface area contributed by atoms with Gasteiger partial charge in [-0.1, -0.05) is 42.5 Å². The zero-order chi connectivity index (χ0) is 15.7. The first-order chi connectivity index (χ1) is 10.6. The van der Waals surface area contributed by atoms with Crippen LogP contribution in [0.1, 0.15) is 33.2 Å². The van der Waals surface area contributed by atoms with Gasteiger partial charge < -0.3 is 0 Å². The summed E-state index contributed by atoms with van der Waals surface area (Å²) >= 11 is 0. The van der Waals surface area contributed by atoms with Crippen LogP contribution in [0.3, 0.4) is 0 Å². The maximum Gasteiger partial charge on any atom is 0.280 e. The molecule has 0 aliphatic carbocycles. The summed E-state index contributed by atoms with van der Waals surface area (Å²) in [7, 11) is 0. The first-order valence-electron chi connectivity index (χ1n) is 6.89. The number of carbonyl (C=O) groups excluding carboxylic acids is 3. The van der Waals surface area contributed by atoms with Crippen molar-refractivity contribution in [3.8, 4) is 0 Å². The molecular formula is C17H14N2O3. The molecule has 0 N–H and O–H groups in total. The Morgan fingerprint density at radius 2 is 1.41 bits per heavy atom. The Hall–Kier alpha value is -2.95. The lowest BCUT2D eigenvalue weighted by molar-refractivity contribution is -0.140. The molecule has 22 heavy (non-hydrogen) atoms. The molecule has 3 rings (SSSR count). The van der Waals surface area contributed by atoms with Crippen molar-refractivity contribution in [1.82, 2.24) is 10.0 Å². The van der Waals surface area contributed by atoms with Crippen LogP contribution < -0.4 is 0 Å². The zero-order valence-electron chi connectivity index (χ0n) is 12.0. The molecule has 0 unspecified atom stereocenters. The highest BCUT2D eigenvalue weighted by Gasteiger charge is 2.40. The van der Waals surface area contributed by atoms with Crippen LogP contribution >= 0.6 is 0 Å². The number of hydrazine groups is 1. The Kier molecular flexibility index (Phi) is 3.47. The van der Waals surface area contributed by atoms with Crippen molar-refractivity contribution in [2.24, 2.45) is 0 Å². The van der Waals surface area contributed by atoms with E-state index >= 15 is 0 Å². The van der Waals surface area contributed by atoms with Crippen LogP contribution in [0.4, 0.5) is 0 Å². The Balaban J connectivity index is 1.95. The van der Waals surface area contributed by atoms with Gasteiger partial charge >= 0.3 is 0 Å². The minimum Gasteiger partial charge on any atom is -0.273 e. The second kappa shape index (κ2) is 5.44. The third kappa shape index (κ3) is 2.26. The number of amides is 3. The summed E-state index contributed by atoms with van der Waals surface area (Å²) in [5, 5.41) is 2.11. The van der Waals surface area contributed by atoms with Crippen LogP contribution in [0.2, 0.25) is 0 Å². The number of rotatable bonds is 3. The van der Waals surface area contributed by atoms with Crippen molar-refractivity contribution in [1.29, 1.82) is 0 Å². The molecule has 2 aromatic carbocycles. The van der Waals surface area contributed by atoms with Gasteiger partial charge in [0.15, 0.2) is 0 Å². The molecule has 0 bridgehead atoms. The largest absolute Gasteiger partial charge is 0.280 e. The normalized spacial score (nSPS) is 13.2. The second-order valence-corrected chi connectivity index (χ2v) is 5.03. The van der Waals surface area contributed by atoms with Gasteiger partial charge in [0, 0.05) is 6.92 Å². The molecule has 0 saturated carbocycles. The highest BCUT2D eigenvalue weighted by molar-refractivity contribution is 6.21. The molecule has 0 aromatic heterocycles. The van der Waals surface area contributed by atoms with Crippen molar-refractivity contribution >= 4 is 17.7 Å². The summed E-state index contributed by atoms with van der Waals surface area (Å²) in [6.07, 6.45) is 0. The van der Waals surface area contributed by atoms with Gasteiger partial charge in [0.25, 0.3) is 11.8 Å². The van der Waals surface area contributed by atoms with E-state index in [1.807, 2.05) is 30.3 Å². The lowest BCUT2D eigenvalue weighted by atomic mass is 10.1. The topological polar surface area (TPSA) is 57.7 Å².